The van der Waals surface area contributed by atoms with E-state index in [0.29, 0.717) is 24.9 Å². The van der Waals surface area contributed by atoms with Gasteiger partial charge in [-0.25, -0.2) is 0 Å². The van der Waals surface area contributed by atoms with Crippen LogP contribution in [0.1, 0.15) is 32.1 Å². The largest absolute Gasteiger partial charge is 0.381 e. The van der Waals surface area contributed by atoms with E-state index >= 15 is 0 Å². The SMILES string of the molecule is Cl.O=C(CC1CCCN1)NCCCOCC1CCOC1. The molecule has 0 aromatic carbocycles. The lowest BCUT2D eigenvalue weighted by molar-refractivity contribution is -0.121. The van der Waals surface area contributed by atoms with Gasteiger partial charge in [0, 0.05) is 38.1 Å². The van der Waals surface area contributed by atoms with Gasteiger partial charge in [0.05, 0.1) is 13.2 Å². The third kappa shape index (κ3) is 6.88. The molecule has 0 spiro atoms. The Morgan fingerprint density at radius 1 is 1.40 bits per heavy atom. The molecule has 2 atom stereocenters. The number of halogens is 1. The van der Waals surface area contributed by atoms with Gasteiger partial charge in [-0.3, -0.25) is 4.79 Å². The first-order valence-corrected chi connectivity index (χ1v) is 7.50. The van der Waals surface area contributed by atoms with E-state index in [1.807, 2.05) is 0 Å². The number of carbonyl (C=O) groups is 1. The molecular formula is C14H27ClN2O3. The molecule has 0 aliphatic carbocycles. The van der Waals surface area contributed by atoms with Crippen molar-refractivity contribution in [1.82, 2.24) is 10.6 Å². The summed E-state index contributed by atoms with van der Waals surface area (Å²) >= 11 is 0. The fourth-order valence-corrected chi connectivity index (χ4v) is 2.59. The summed E-state index contributed by atoms with van der Waals surface area (Å²) in [5.41, 5.74) is 0. The van der Waals surface area contributed by atoms with Crippen molar-refractivity contribution in [1.29, 1.82) is 0 Å². The van der Waals surface area contributed by atoms with Gasteiger partial charge in [0.25, 0.3) is 0 Å². The minimum absolute atomic E-state index is 0. The molecule has 0 aromatic rings. The van der Waals surface area contributed by atoms with Gasteiger partial charge < -0.3 is 20.1 Å². The zero-order valence-corrected chi connectivity index (χ0v) is 12.9. The van der Waals surface area contributed by atoms with Crippen molar-refractivity contribution in [2.45, 2.75) is 38.1 Å². The summed E-state index contributed by atoms with van der Waals surface area (Å²) in [4.78, 5) is 11.6. The summed E-state index contributed by atoms with van der Waals surface area (Å²) in [5, 5.41) is 6.29. The van der Waals surface area contributed by atoms with Gasteiger partial charge in [-0.05, 0) is 32.2 Å². The Labute approximate surface area is 127 Å². The highest BCUT2D eigenvalue weighted by Crippen LogP contribution is 2.12. The minimum atomic E-state index is 0. The maximum absolute atomic E-state index is 11.6. The Bertz CT molecular complexity index is 267. The second-order valence-corrected chi connectivity index (χ2v) is 5.51. The summed E-state index contributed by atoms with van der Waals surface area (Å²) in [6, 6.07) is 0.388. The molecule has 2 fully saturated rings. The fraction of sp³-hybridized carbons (Fsp3) is 0.929. The monoisotopic (exact) mass is 306 g/mol. The highest BCUT2D eigenvalue weighted by atomic mass is 35.5. The van der Waals surface area contributed by atoms with Crippen LogP contribution < -0.4 is 10.6 Å². The molecule has 2 aliphatic rings. The van der Waals surface area contributed by atoms with Crippen LogP contribution in [0.2, 0.25) is 0 Å². The molecule has 0 radical (unpaired) electrons. The number of ether oxygens (including phenoxy) is 2. The summed E-state index contributed by atoms with van der Waals surface area (Å²) in [6.45, 7) is 4.99. The number of nitrogens with one attached hydrogen (secondary N) is 2. The lowest BCUT2D eigenvalue weighted by Gasteiger charge is -2.11. The molecule has 5 nitrogen and oxygen atoms in total. The van der Waals surface area contributed by atoms with E-state index < -0.39 is 0 Å². The van der Waals surface area contributed by atoms with Gasteiger partial charge in [-0.1, -0.05) is 0 Å². The Morgan fingerprint density at radius 2 is 2.30 bits per heavy atom. The van der Waals surface area contributed by atoms with Gasteiger partial charge in [0.15, 0.2) is 0 Å². The van der Waals surface area contributed by atoms with Crippen LogP contribution in [0.5, 0.6) is 0 Å². The first kappa shape index (κ1) is 17.7. The third-order valence-electron chi connectivity index (χ3n) is 3.76. The minimum Gasteiger partial charge on any atom is -0.381 e. The summed E-state index contributed by atoms with van der Waals surface area (Å²) < 4.78 is 10.9. The molecule has 0 saturated carbocycles. The summed E-state index contributed by atoms with van der Waals surface area (Å²) in [5.74, 6) is 0.728. The molecule has 0 bridgehead atoms. The van der Waals surface area contributed by atoms with E-state index in [1.54, 1.807) is 0 Å². The van der Waals surface area contributed by atoms with E-state index in [4.69, 9.17) is 9.47 Å². The molecule has 0 aromatic heterocycles. The zero-order valence-electron chi connectivity index (χ0n) is 12.1. The fourth-order valence-electron chi connectivity index (χ4n) is 2.59. The highest BCUT2D eigenvalue weighted by Gasteiger charge is 2.17. The van der Waals surface area contributed by atoms with Crippen LogP contribution in [-0.2, 0) is 14.3 Å². The topological polar surface area (TPSA) is 59.6 Å². The molecular weight excluding hydrogens is 280 g/mol. The third-order valence-corrected chi connectivity index (χ3v) is 3.76. The van der Waals surface area contributed by atoms with Gasteiger partial charge in [-0.15, -0.1) is 12.4 Å². The van der Waals surface area contributed by atoms with E-state index in [1.165, 1.54) is 6.42 Å². The molecule has 2 rings (SSSR count). The van der Waals surface area contributed by atoms with Crippen LogP contribution >= 0.6 is 12.4 Å². The number of rotatable bonds is 8. The van der Waals surface area contributed by atoms with Crippen LogP contribution in [0.4, 0.5) is 0 Å². The van der Waals surface area contributed by atoms with E-state index in [9.17, 15) is 4.79 Å². The van der Waals surface area contributed by atoms with Gasteiger partial charge in [-0.2, -0.15) is 0 Å². The second kappa shape index (κ2) is 10.4. The summed E-state index contributed by atoms with van der Waals surface area (Å²) in [7, 11) is 0. The Balaban J connectivity index is 0.00000200. The Hall–Kier alpha value is -0.360. The molecule has 1 amide bonds. The molecule has 2 aliphatic heterocycles. The van der Waals surface area contributed by atoms with Crippen LogP contribution in [0.3, 0.4) is 0 Å². The van der Waals surface area contributed by atoms with Crippen molar-refractivity contribution in [3.8, 4) is 0 Å². The summed E-state index contributed by atoms with van der Waals surface area (Å²) in [6.07, 6.45) is 4.93. The average molecular weight is 307 g/mol. The van der Waals surface area contributed by atoms with Gasteiger partial charge in [0.2, 0.25) is 5.91 Å². The van der Waals surface area contributed by atoms with E-state index in [0.717, 1.165) is 52.2 Å². The Morgan fingerprint density at radius 3 is 3.00 bits per heavy atom. The van der Waals surface area contributed by atoms with Crippen LogP contribution in [0.15, 0.2) is 0 Å². The first-order chi connectivity index (χ1) is 9.34. The maximum atomic E-state index is 11.6. The van der Waals surface area contributed by atoms with Crippen LogP contribution in [0.25, 0.3) is 0 Å². The smallest absolute Gasteiger partial charge is 0.221 e. The van der Waals surface area contributed by atoms with Crippen molar-refractivity contribution < 1.29 is 14.3 Å². The molecule has 118 valence electrons. The van der Waals surface area contributed by atoms with Crippen molar-refractivity contribution in [2.75, 3.05) is 39.5 Å². The van der Waals surface area contributed by atoms with Crippen molar-refractivity contribution in [3.05, 3.63) is 0 Å². The van der Waals surface area contributed by atoms with Crippen LogP contribution in [0, 0.1) is 5.92 Å². The first-order valence-electron chi connectivity index (χ1n) is 7.50. The molecule has 2 heterocycles. The molecule has 2 saturated heterocycles. The second-order valence-electron chi connectivity index (χ2n) is 5.51. The molecule has 20 heavy (non-hydrogen) atoms. The van der Waals surface area contributed by atoms with Gasteiger partial charge in [0.1, 0.15) is 0 Å². The lowest BCUT2D eigenvalue weighted by Crippen LogP contribution is -2.32. The zero-order chi connectivity index (χ0) is 13.3. The molecule has 2 unspecified atom stereocenters. The molecule has 2 N–H and O–H groups in total. The number of carbonyl (C=O) groups excluding carboxylic acids is 1. The lowest BCUT2D eigenvalue weighted by atomic mass is 10.1. The van der Waals surface area contributed by atoms with Gasteiger partial charge >= 0.3 is 0 Å². The van der Waals surface area contributed by atoms with Crippen LogP contribution in [-0.4, -0.2) is 51.5 Å². The quantitative estimate of drug-likeness (QED) is 0.660. The molecule has 6 heteroatoms. The standard InChI is InChI=1S/C14H26N2O3.ClH/c17-14(9-13-3-1-5-15-13)16-6-2-7-18-10-12-4-8-19-11-12;/h12-13,15H,1-11H2,(H,16,17);1H. The normalized spacial score (nSPS) is 25.4. The number of hydrogen-bond donors (Lipinski definition) is 2. The van der Waals surface area contributed by atoms with Crippen molar-refractivity contribution in [3.63, 3.8) is 0 Å². The average Bonchev–Trinajstić information content (AvgIpc) is 3.06. The van der Waals surface area contributed by atoms with E-state index in [2.05, 4.69) is 10.6 Å². The predicted molar refractivity (Wildman–Crippen MR) is 80.3 cm³/mol. The van der Waals surface area contributed by atoms with E-state index in [-0.39, 0.29) is 18.3 Å². The predicted octanol–water partition coefficient (Wildman–Crippen LogP) is 1.11. The highest BCUT2D eigenvalue weighted by molar-refractivity contribution is 5.85. The number of amides is 1. The maximum Gasteiger partial charge on any atom is 0.221 e. The number of hydrogen-bond acceptors (Lipinski definition) is 4. The van der Waals surface area contributed by atoms with Crippen molar-refractivity contribution in [2.24, 2.45) is 5.92 Å². The van der Waals surface area contributed by atoms with Crippen molar-refractivity contribution >= 4 is 18.3 Å². The Kier molecular flexibility index (Phi) is 9.18.